The number of nitrogens with one attached hydrogen (secondary N) is 4. The molecule has 3 rings (SSSR count). The number of anilines is 1. The van der Waals surface area contributed by atoms with Gasteiger partial charge in [0.15, 0.2) is 5.65 Å². The molecule has 2 aromatic heterocycles. The zero-order valence-corrected chi connectivity index (χ0v) is 19.6. The lowest BCUT2D eigenvalue weighted by atomic mass is 10.0. The smallest absolute Gasteiger partial charge is 0.387 e. The summed E-state index contributed by atoms with van der Waals surface area (Å²) in [5.74, 6) is -0.379. The molecule has 11 heteroatoms. The van der Waals surface area contributed by atoms with E-state index in [0.717, 1.165) is 13.0 Å². The molecule has 0 unspecified atom stereocenters. The molecule has 34 heavy (non-hydrogen) atoms. The number of fused-ring (bicyclic) bond motifs is 1. The first-order chi connectivity index (χ1) is 16.2. The van der Waals surface area contributed by atoms with Crippen LogP contribution in [-0.4, -0.2) is 71.3 Å². The Morgan fingerprint density at radius 3 is 2.71 bits per heavy atom. The van der Waals surface area contributed by atoms with Crippen LogP contribution in [0.5, 0.6) is 5.75 Å². The van der Waals surface area contributed by atoms with E-state index in [1.54, 1.807) is 6.07 Å². The predicted octanol–water partition coefficient (Wildman–Crippen LogP) is 3.48. The topological polar surface area (TPSA) is 119 Å². The minimum atomic E-state index is -2.99. The fraction of sp³-hybridized carbons (Fsp3) is 0.391. The highest BCUT2D eigenvalue weighted by atomic mass is 19.3. The Morgan fingerprint density at radius 1 is 1.26 bits per heavy atom. The molecule has 0 aliphatic carbocycles. The van der Waals surface area contributed by atoms with Crippen molar-refractivity contribution in [1.29, 1.82) is 5.41 Å². The van der Waals surface area contributed by atoms with Gasteiger partial charge in [0.1, 0.15) is 17.0 Å². The van der Waals surface area contributed by atoms with Crippen LogP contribution in [0, 0.1) is 5.41 Å². The number of nitrogens with zero attached hydrogens (tertiary/aromatic N) is 3. The zero-order chi connectivity index (χ0) is 24.8. The van der Waals surface area contributed by atoms with Crippen molar-refractivity contribution >= 4 is 28.5 Å². The monoisotopic (exact) mass is 473 g/mol. The second-order valence-corrected chi connectivity index (χ2v) is 8.33. The van der Waals surface area contributed by atoms with Crippen molar-refractivity contribution < 1.29 is 18.3 Å². The zero-order valence-electron chi connectivity index (χ0n) is 19.6. The fourth-order valence-electron chi connectivity index (χ4n) is 3.34. The molecule has 1 aromatic carbocycles. The second-order valence-electron chi connectivity index (χ2n) is 8.33. The van der Waals surface area contributed by atoms with Gasteiger partial charge in [0.2, 0.25) is 0 Å². The Bertz CT molecular complexity index is 1160. The van der Waals surface area contributed by atoms with Crippen LogP contribution in [0.4, 0.5) is 14.5 Å². The standard InChI is InChI=1S/C23H29F2N7O2/c1-13(2)30-22(33)16-11-28-21-20(16)31-18(12-29-21)19(26)15-10-14(34-23(24)25)6-7-17(15)27-8-5-9-32(3)4/h6-7,10-13,23,26-27H,5,8-9H2,1-4H3,(H,28,29)(H,30,33). The van der Waals surface area contributed by atoms with Crippen molar-refractivity contribution in [2.45, 2.75) is 32.9 Å². The number of carbonyl (C=O) groups excluding carboxylic acids is 1. The van der Waals surface area contributed by atoms with Gasteiger partial charge in [0.25, 0.3) is 5.91 Å². The number of amides is 1. The van der Waals surface area contributed by atoms with Gasteiger partial charge in [-0.05, 0) is 59.1 Å². The van der Waals surface area contributed by atoms with Gasteiger partial charge in [-0.2, -0.15) is 8.78 Å². The van der Waals surface area contributed by atoms with Crippen LogP contribution >= 0.6 is 0 Å². The van der Waals surface area contributed by atoms with E-state index in [2.05, 4.69) is 35.2 Å². The van der Waals surface area contributed by atoms with Crippen molar-refractivity contribution in [3.05, 3.63) is 47.4 Å². The molecule has 3 aromatic rings. The summed E-state index contributed by atoms with van der Waals surface area (Å²) < 4.78 is 30.1. The van der Waals surface area contributed by atoms with Crippen LogP contribution in [-0.2, 0) is 0 Å². The number of aromatic nitrogens is 3. The Labute approximate surface area is 196 Å². The highest BCUT2D eigenvalue weighted by Crippen LogP contribution is 2.26. The number of hydrogen-bond donors (Lipinski definition) is 4. The molecule has 0 atom stereocenters. The number of H-pyrrole nitrogens is 1. The highest BCUT2D eigenvalue weighted by Gasteiger charge is 2.19. The van der Waals surface area contributed by atoms with Crippen molar-refractivity contribution in [2.75, 3.05) is 32.5 Å². The van der Waals surface area contributed by atoms with Crippen LogP contribution in [0.15, 0.2) is 30.6 Å². The Balaban J connectivity index is 1.95. The molecule has 9 nitrogen and oxygen atoms in total. The van der Waals surface area contributed by atoms with E-state index in [4.69, 9.17) is 5.41 Å². The maximum Gasteiger partial charge on any atom is 0.387 e. The second kappa shape index (κ2) is 11.0. The molecule has 2 heterocycles. The Kier molecular flexibility index (Phi) is 8.11. The summed E-state index contributed by atoms with van der Waals surface area (Å²) >= 11 is 0. The van der Waals surface area contributed by atoms with Gasteiger partial charge in [-0.3, -0.25) is 10.2 Å². The molecule has 0 saturated carbocycles. The van der Waals surface area contributed by atoms with Gasteiger partial charge in [-0.1, -0.05) is 0 Å². The number of carbonyl (C=O) groups is 1. The number of aromatic amines is 1. The lowest BCUT2D eigenvalue weighted by Crippen LogP contribution is -2.30. The molecule has 0 spiro atoms. The van der Waals surface area contributed by atoms with Gasteiger partial charge in [-0.15, -0.1) is 0 Å². The number of halogens is 2. The van der Waals surface area contributed by atoms with Crippen molar-refractivity contribution in [3.8, 4) is 5.75 Å². The summed E-state index contributed by atoms with van der Waals surface area (Å²) in [4.78, 5) is 26.3. The fourth-order valence-corrected chi connectivity index (χ4v) is 3.34. The van der Waals surface area contributed by atoms with Gasteiger partial charge in [-0.25, -0.2) is 9.97 Å². The third-order valence-corrected chi connectivity index (χ3v) is 4.88. The van der Waals surface area contributed by atoms with Gasteiger partial charge in [0, 0.05) is 30.0 Å². The number of rotatable bonds is 11. The minimum Gasteiger partial charge on any atom is -0.435 e. The average molecular weight is 474 g/mol. The van der Waals surface area contributed by atoms with E-state index in [-0.39, 0.29) is 29.1 Å². The first-order valence-corrected chi connectivity index (χ1v) is 10.9. The summed E-state index contributed by atoms with van der Waals surface area (Å²) in [6.07, 6.45) is 3.77. The third-order valence-electron chi connectivity index (χ3n) is 4.88. The normalized spacial score (nSPS) is 11.4. The quantitative estimate of drug-likeness (QED) is 0.250. The summed E-state index contributed by atoms with van der Waals surface area (Å²) in [5.41, 5.74) is 2.10. The minimum absolute atomic E-state index is 0.0411. The highest BCUT2D eigenvalue weighted by molar-refractivity contribution is 6.14. The maximum absolute atomic E-state index is 12.8. The molecule has 0 bridgehead atoms. The molecule has 0 fully saturated rings. The predicted molar refractivity (Wildman–Crippen MR) is 127 cm³/mol. The van der Waals surface area contributed by atoms with Crippen LogP contribution in [0.25, 0.3) is 11.2 Å². The lowest BCUT2D eigenvalue weighted by molar-refractivity contribution is -0.0498. The SMILES string of the molecule is CC(C)NC(=O)c1c[nH]c2ncc(C(=N)c3cc(OC(F)F)ccc3NCCCN(C)C)nc12. The van der Waals surface area contributed by atoms with E-state index in [9.17, 15) is 13.6 Å². The van der Waals surface area contributed by atoms with E-state index in [1.807, 2.05) is 27.9 Å². The van der Waals surface area contributed by atoms with E-state index in [1.165, 1.54) is 24.5 Å². The first kappa shape index (κ1) is 25.0. The van der Waals surface area contributed by atoms with E-state index < -0.39 is 6.61 Å². The summed E-state index contributed by atoms with van der Waals surface area (Å²) in [7, 11) is 3.95. The first-order valence-electron chi connectivity index (χ1n) is 10.9. The van der Waals surface area contributed by atoms with Crippen LogP contribution in [0.2, 0.25) is 0 Å². The molecule has 182 valence electrons. The van der Waals surface area contributed by atoms with Crippen LogP contribution in [0.1, 0.15) is 41.9 Å². The van der Waals surface area contributed by atoms with Crippen molar-refractivity contribution in [3.63, 3.8) is 0 Å². The molecule has 0 aliphatic rings. The average Bonchev–Trinajstić information content (AvgIpc) is 3.19. The number of ether oxygens (including phenoxy) is 1. The summed E-state index contributed by atoms with van der Waals surface area (Å²) in [6, 6.07) is 4.33. The summed E-state index contributed by atoms with van der Waals surface area (Å²) in [5, 5.41) is 14.8. The van der Waals surface area contributed by atoms with Gasteiger partial charge < -0.3 is 25.3 Å². The molecule has 1 amide bonds. The Morgan fingerprint density at radius 2 is 2.03 bits per heavy atom. The van der Waals surface area contributed by atoms with Gasteiger partial charge >= 0.3 is 6.61 Å². The number of hydrogen-bond acceptors (Lipinski definition) is 7. The number of alkyl halides is 2. The van der Waals surface area contributed by atoms with Crippen LogP contribution in [0.3, 0.4) is 0 Å². The molecule has 0 saturated heterocycles. The van der Waals surface area contributed by atoms with Crippen LogP contribution < -0.4 is 15.4 Å². The van der Waals surface area contributed by atoms with E-state index in [0.29, 0.717) is 34.5 Å². The van der Waals surface area contributed by atoms with Gasteiger partial charge in [0.05, 0.1) is 17.5 Å². The molecular weight excluding hydrogens is 444 g/mol. The molecule has 0 radical (unpaired) electrons. The van der Waals surface area contributed by atoms with Crippen molar-refractivity contribution in [2.24, 2.45) is 0 Å². The van der Waals surface area contributed by atoms with Crippen molar-refractivity contribution in [1.82, 2.24) is 25.2 Å². The lowest BCUT2D eigenvalue weighted by Gasteiger charge is -2.16. The molecule has 4 N–H and O–H groups in total. The molecular formula is C23H29F2N7O2. The van der Waals surface area contributed by atoms with E-state index >= 15 is 0 Å². The third kappa shape index (κ3) is 6.25. The largest absolute Gasteiger partial charge is 0.435 e. The Hall–Kier alpha value is -3.60. The maximum atomic E-state index is 12.8. The number of benzene rings is 1. The molecule has 0 aliphatic heterocycles. The summed E-state index contributed by atoms with van der Waals surface area (Å²) in [6.45, 7) is 2.19.